The first-order valence-electron chi connectivity index (χ1n) is 17.5. The van der Waals surface area contributed by atoms with E-state index in [1.54, 1.807) is 30.3 Å². The van der Waals surface area contributed by atoms with Crippen LogP contribution in [0.4, 0.5) is 0 Å². The molecular formula is C33H51N11O13. The smallest absolute Gasteiger partial charge is 0.326 e. The summed E-state index contributed by atoms with van der Waals surface area (Å²) in [7, 11) is 0. The topological polar surface area (TPSA) is 423 Å². The maximum absolute atomic E-state index is 13.6. The number of nitrogens with two attached hydrogens (primary N) is 4. The van der Waals surface area contributed by atoms with E-state index in [1.165, 1.54) is 0 Å². The highest BCUT2D eigenvalue weighted by atomic mass is 16.4. The fourth-order valence-corrected chi connectivity index (χ4v) is 4.92. The zero-order valence-corrected chi connectivity index (χ0v) is 30.8. The summed E-state index contributed by atoms with van der Waals surface area (Å²) in [5, 5.41) is 52.1. The highest BCUT2D eigenvalue weighted by Gasteiger charge is 2.33. The third kappa shape index (κ3) is 19.2. The van der Waals surface area contributed by atoms with Gasteiger partial charge in [-0.15, -0.1) is 0 Å². The average Bonchev–Trinajstić information content (AvgIpc) is 3.16. The molecule has 0 unspecified atom stereocenters. The Bertz CT molecular complexity index is 1590. The van der Waals surface area contributed by atoms with Crippen LogP contribution in [0.2, 0.25) is 0 Å². The summed E-state index contributed by atoms with van der Waals surface area (Å²) < 4.78 is 0. The first kappa shape index (κ1) is 48.6. The van der Waals surface area contributed by atoms with Crippen molar-refractivity contribution in [2.24, 2.45) is 27.9 Å². The predicted molar refractivity (Wildman–Crippen MR) is 198 cm³/mol. The van der Waals surface area contributed by atoms with Gasteiger partial charge in [0.15, 0.2) is 5.96 Å². The molecule has 24 heteroatoms. The van der Waals surface area contributed by atoms with Gasteiger partial charge in [0.05, 0.1) is 19.8 Å². The molecule has 6 atom stereocenters. The number of guanidine groups is 1. The third-order valence-corrected chi connectivity index (χ3v) is 7.90. The van der Waals surface area contributed by atoms with Crippen molar-refractivity contribution in [3.63, 3.8) is 0 Å². The molecule has 1 aromatic rings. The van der Waals surface area contributed by atoms with Crippen LogP contribution in [0.3, 0.4) is 0 Å². The van der Waals surface area contributed by atoms with Gasteiger partial charge >= 0.3 is 11.9 Å². The first-order chi connectivity index (χ1) is 26.9. The van der Waals surface area contributed by atoms with Gasteiger partial charge in [-0.25, -0.2) is 4.79 Å². The van der Waals surface area contributed by atoms with E-state index in [0.717, 1.165) is 0 Å². The number of carboxylic acid groups (broad SMARTS) is 2. The molecule has 0 aliphatic rings. The fraction of sp³-hybridized carbons (Fsp3) is 0.515. The van der Waals surface area contributed by atoms with E-state index in [4.69, 9.17) is 22.9 Å². The minimum absolute atomic E-state index is 0.0376. The number of rotatable bonds is 27. The van der Waals surface area contributed by atoms with Crippen LogP contribution in [-0.4, -0.2) is 142 Å². The molecule has 0 heterocycles. The summed E-state index contributed by atoms with van der Waals surface area (Å²) in [6.45, 7) is -2.55. The highest BCUT2D eigenvalue weighted by molar-refractivity contribution is 5.97. The summed E-state index contributed by atoms with van der Waals surface area (Å²) >= 11 is 0. The second-order valence-corrected chi connectivity index (χ2v) is 12.4. The molecule has 0 aliphatic carbocycles. The number of nitrogens with one attached hydrogen (secondary N) is 6. The van der Waals surface area contributed by atoms with E-state index in [-0.39, 0.29) is 44.6 Å². The molecular weight excluding hydrogens is 758 g/mol. The van der Waals surface area contributed by atoms with Crippen molar-refractivity contribution < 1.29 is 63.6 Å². The Hall–Kier alpha value is -6.40. The van der Waals surface area contributed by atoms with Crippen LogP contribution in [0, 0.1) is 0 Å². The van der Waals surface area contributed by atoms with Gasteiger partial charge in [0.25, 0.3) is 0 Å². The van der Waals surface area contributed by atoms with Crippen LogP contribution < -0.4 is 54.8 Å². The number of primary amides is 1. The molecule has 0 fully saturated rings. The molecule has 316 valence electrons. The Kier molecular flexibility index (Phi) is 21.9. The number of aliphatic carboxylic acids is 2. The monoisotopic (exact) mass is 809 g/mol. The highest BCUT2D eigenvalue weighted by Crippen LogP contribution is 2.08. The minimum atomic E-state index is -1.77. The number of hydrogen-bond acceptors (Lipinski definition) is 13. The lowest BCUT2D eigenvalue weighted by molar-refractivity contribution is -0.142. The van der Waals surface area contributed by atoms with Crippen molar-refractivity contribution in [2.45, 2.75) is 81.2 Å². The van der Waals surface area contributed by atoms with Crippen LogP contribution in [0.15, 0.2) is 35.3 Å². The van der Waals surface area contributed by atoms with Crippen LogP contribution in [0.5, 0.6) is 0 Å². The summed E-state index contributed by atoms with van der Waals surface area (Å²) in [6, 6.07) is -1.41. The van der Waals surface area contributed by atoms with Crippen molar-refractivity contribution in [1.82, 2.24) is 31.9 Å². The molecule has 18 N–H and O–H groups in total. The second kappa shape index (κ2) is 25.6. The number of carboxylic acids is 2. The summed E-state index contributed by atoms with van der Waals surface area (Å²) in [4.78, 5) is 117. The van der Waals surface area contributed by atoms with Crippen molar-refractivity contribution in [3.05, 3.63) is 35.9 Å². The Morgan fingerprint density at radius 2 is 1.05 bits per heavy atom. The number of carbonyl (C=O) groups excluding carboxylic acids is 7. The van der Waals surface area contributed by atoms with E-state index in [1.807, 2.05) is 0 Å². The summed E-state index contributed by atoms with van der Waals surface area (Å²) in [5.41, 5.74) is 21.6. The normalized spacial score (nSPS) is 13.8. The number of aliphatic imine (C=N–C) groups is 1. The molecule has 0 spiro atoms. The lowest BCUT2D eigenvalue weighted by atomic mass is 10.0. The molecule has 1 aromatic carbocycles. The van der Waals surface area contributed by atoms with Crippen molar-refractivity contribution in [2.75, 3.05) is 26.3 Å². The number of aliphatic hydroxyl groups is 2. The van der Waals surface area contributed by atoms with E-state index < -0.39 is 122 Å². The quantitative estimate of drug-likeness (QED) is 0.0223. The molecule has 0 aliphatic heterocycles. The lowest BCUT2D eigenvalue weighted by Gasteiger charge is -2.27. The van der Waals surface area contributed by atoms with Crippen LogP contribution in [0.1, 0.15) is 44.1 Å². The van der Waals surface area contributed by atoms with Crippen LogP contribution >= 0.6 is 0 Å². The van der Waals surface area contributed by atoms with Gasteiger partial charge in [0, 0.05) is 25.8 Å². The molecule has 57 heavy (non-hydrogen) atoms. The summed E-state index contributed by atoms with van der Waals surface area (Å²) in [6.07, 6.45) is -2.28. The zero-order chi connectivity index (χ0) is 43.1. The molecule has 24 nitrogen and oxygen atoms in total. The van der Waals surface area contributed by atoms with E-state index >= 15 is 0 Å². The van der Waals surface area contributed by atoms with Gasteiger partial charge in [-0.2, -0.15) is 0 Å². The molecule has 0 bridgehead atoms. The molecule has 0 aromatic heterocycles. The Morgan fingerprint density at radius 1 is 0.596 bits per heavy atom. The van der Waals surface area contributed by atoms with E-state index in [9.17, 15) is 63.6 Å². The average molecular weight is 810 g/mol. The number of hydrogen-bond donors (Lipinski definition) is 14. The molecule has 0 saturated heterocycles. The largest absolute Gasteiger partial charge is 0.481 e. The van der Waals surface area contributed by atoms with Gasteiger partial charge in [0.2, 0.25) is 41.4 Å². The predicted octanol–water partition coefficient (Wildman–Crippen LogP) is -6.65. The maximum atomic E-state index is 13.6. The van der Waals surface area contributed by atoms with Gasteiger partial charge in [-0.05, 0) is 31.2 Å². The third-order valence-electron chi connectivity index (χ3n) is 7.90. The minimum Gasteiger partial charge on any atom is -0.481 e. The number of aliphatic hydroxyl groups excluding tert-OH is 2. The van der Waals surface area contributed by atoms with Crippen molar-refractivity contribution >= 4 is 59.2 Å². The number of amides is 7. The maximum Gasteiger partial charge on any atom is 0.326 e. The Balaban J connectivity index is 3.35. The molecule has 7 amide bonds. The van der Waals surface area contributed by atoms with E-state index in [0.29, 0.717) is 5.56 Å². The number of carbonyl (C=O) groups is 9. The Morgan fingerprint density at radius 3 is 1.54 bits per heavy atom. The SMILES string of the molecule is NCC(=O)N[C@@H](CO)C(=O)N[C@@H](CCC(=O)O)C(=O)N[C@@H](CCCN=C(N)N)C(=O)N[C@@H](CO)C(=O)N[C@@H](Cc1ccccc1)C(=O)N[C@@H](CCC(N)=O)C(=O)O. The van der Waals surface area contributed by atoms with E-state index in [2.05, 4.69) is 36.9 Å². The summed E-state index contributed by atoms with van der Waals surface area (Å²) in [5.74, 6) is -10.1. The fourth-order valence-electron chi connectivity index (χ4n) is 4.92. The van der Waals surface area contributed by atoms with Crippen LogP contribution in [-0.2, 0) is 49.6 Å². The van der Waals surface area contributed by atoms with Crippen molar-refractivity contribution in [3.8, 4) is 0 Å². The van der Waals surface area contributed by atoms with Crippen LogP contribution in [0.25, 0.3) is 0 Å². The number of benzene rings is 1. The Labute approximate surface area is 325 Å². The number of nitrogens with zero attached hydrogens (tertiary/aromatic N) is 1. The van der Waals surface area contributed by atoms with Gasteiger partial charge in [-0.3, -0.25) is 43.3 Å². The van der Waals surface area contributed by atoms with Gasteiger partial charge in [0.1, 0.15) is 36.3 Å². The molecule has 0 saturated carbocycles. The lowest BCUT2D eigenvalue weighted by Crippen LogP contribution is -2.60. The zero-order valence-electron chi connectivity index (χ0n) is 30.8. The van der Waals surface area contributed by atoms with Gasteiger partial charge in [-0.1, -0.05) is 30.3 Å². The van der Waals surface area contributed by atoms with Gasteiger partial charge < -0.3 is 75.3 Å². The van der Waals surface area contributed by atoms with Crippen molar-refractivity contribution in [1.29, 1.82) is 0 Å². The molecule has 1 rings (SSSR count). The molecule has 0 radical (unpaired) electrons. The second-order valence-electron chi connectivity index (χ2n) is 12.4. The first-order valence-corrected chi connectivity index (χ1v) is 17.5. The standard InChI is InChI=1S/C33H51N11O13/c34-14-25(48)39-22(15-45)30(54)41-19(9-11-26(49)50)28(52)40-18(7-4-12-38-33(36)37)27(51)44-23(16-46)31(55)43-21(13-17-5-2-1-3-6-17)29(53)42-20(32(56)57)8-10-24(35)47/h1-3,5-6,18-23,45-46H,4,7-16,34H2,(H2,35,47)(H,39,48)(H,40,52)(H,41,54)(H,42,53)(H,43,55)(H,44,51)(H,49,50)(H,56,57)(H4,36,37,38)/t18-,19-,20-,21-,22-,23-/m0/s1.